The van der Waals surface area contributed by atoms with E-state index in [-0.39, 0.29) is 0 Å². The van der Waals surface area contributed by atoms with Crippen LogP contribution < -0.4 is 5.32 Å². The van der Waals surface area contributed by atoms with Crippen molar-refractivity contribution in [3.05, 3.63) is 0 Å². The molecule has 0 amide bonds. The summed E-state index contributed by atoms with van der Waals surface area (Å²) in [5, 5.41) is 14.4. The highest BCUT2D eigenvalue weighted by Crippen LogP contribution is 2.66. The molecule has 4 saturated carbocycles. The van der Waals surface area contributed by atoms with E-state index in [0.717, 1.165) is 12.5 Å². The molecule has 4 rings (SSSR count). The van der Waals surface area contributed by atoms with Gasteiger partial charge in [-0.2, -0.15) is 0 Å². The topological polar surface area (TPSA) is 32.3 Å². The van der Waals surface area contributed by atoms with Crippen molar-refractivity contribution in [2.24, 2.45) is 22.7 Å². The maximum atomic E-state index is 10.6. The van der Waals surface area contributed by atoms with E-state index in [9.17, 15) is 5.11 Å². The van der Waals surface area contributed by atoms with Crippen LogP contribution in [0.1, 0.15) is 73.1 Å². The van der Waals surface area contributed by atoms with Crippen molar-refractivity contribution in [3.8, 4) is 0 Å². The molecule has 2 N–H and O–H groups in total. The molecule has 4 fully saturated rings. The summed E-state index contributed by atoms with van der Waals surface area (Å²) in [5.41, 5.74) is 0.808. The van der Waals surface area contributed by atoms with Gasteiger partial charge < -0.3 is 10.4 Å². The first-order valence-electron chi connectivity index (χ1n) is 8.53. The highest BCUT2D eigenvalue weighted by Gasteiger charge is 2.60. The summed E-state index contributed by atoms with van der Waals surface area (Å²) in [5.74, 6) is 1.22. The molecule has 0 aromatic carbocycles. The zero-order valence-electron chi connectivity index (χ0n) is 14.1. The van der Waals surface area contributed by atoms with Crippen molar-refractivity contribution in [2.45, 2.75) is 84.3 Å². The first-order chi connectivity index (χ1) is 9.06. The van der Waals surface area contributed by atoms with Crippen molar-refractivity contribution < 1.29 is 5.11 Å². The Morgan fingerprint density at radius 2 is 1.65 bits per heavy atom. The number of hydrogen-bond acceptors (Lipinski definition) is 2. The summed E-state index contributed by atoms with van der Waals surface area (Å²) in [6.07, 6.45) is 8.27. The molecule has 2 heteroatoms. The lowest BCUT2D eigenvalue weighted by Crippen LogP contribution is -2.65. The Balaban J connectivity index is 1.76. The van der Waals surface area contributed by atoms with Crippen molar-refractivity contribution in [2.75, 3.05) is 6.54 Å². The third-order valence-electron chi connectivity index (χ3n) is 6.69. The lowest BCUT2D eigenvalue weighted by Gasteiger charge is -2.66. The van der Waals surface area contributed by atoms with Crippen LogP contribution in [0.25, 0.3) is 0 Å². The summed E-state index contributed by atoms with van der Waals surface area (Å²) in [6, 6.07) is 0. The molecule has 0 spiro atoms. The number of aliphatic hydroxyl groups is 1. The van der Waals surface area contributed by atoms with E-state index in [1.165, 1.54) is 38.5 Å². The number of rotatable bonds is 4. The van der Waals surface area contributed by atoms with Gasteiger partial charge in [-0.05, 0) is 68.1 Å². The van der Waals surface area contributed by atoms with Crippen molar-refractivity contribution in [3.63, 3.8) is 0 Å². The van der Waals surface area contributed by atoms with E-state index in [1.54, 1.807) is 0 Å². The molecule has 4 bridgehead atoms. The molecule has 0 heterocycles. The van der Waals surface area contributed by atoms with Crippen LogP contribution in [0.3, 0.4) is 0 Å². The molecule has 3 unspecified atom stereocenters. The highest BCUT2D eigenvalue weighted by atomic mass is 16.3. The first-order valence-corrected chi connectivity index (χ1v) is 8.53. The van der Waals surface area contributed by atoms with Crippen LogP contribution in [0.15, 0.2) is 0 Å². The fraction of sp³-hybridized carbons (Fsp3) is 1.00. The van der Waals surface area contributed by atoms with Crippen LogP contribution >= 0.6 is 0 Å². The molecular formula is C18H33NO. The second-order valence-corrected chi connectivity index (χ2v) is 9.78. The Labute approximate surface area is 124 Å². The second kappa shape index (κ2) is 4.23. The van der Waals surface area contributed by atoms with Gasteiger partial charge in [-0.3, -0.25) is 0 Å². The maximum Gasteiger partial charge on any atom is 0.0766 e. The third-order valence-corrected chi connectivity index (χ3v) is 6.69. The first kappa shape index (κ1) is 14.8. The number of β-amino-alcohol motifs (C(OH)–C–C–N with tert-alkyl or cyclic N) is 1. The quantitative estimate of drug-likeness (QED) is 0.822. The largest absolute Gasteiger partial charge is 0.389 e. The van der Waals surface area contributed by atoms with E-state index in [1.807, 2.05) is 6.92 Å². The predicted octanol–water partition coefficient (Wildman–Crippen LogP) is 3.73. The molecule has 0 aliphatic heterocycles. The van der Waals surface area contributed by atoms with Crippen LogP contribution in [-0.2, 0) is 0 Å². The molecule has 4 aliphatic carbocycles. The zero-order chi connectivity index (χ0) is 14.8. The molecular weight excluding hydrogens is 246 g/mol. The Morgan fingerprint density at radius 3 is 2.10 bits per heavy atom. The lowest BCUT2D eigenvalue weighted by molar-refractivity contribution is -0.124. The summed E-state index contributed by atoms with van der Waals surface area (Å²) in [4.78, 5) is 0. The van der Waals surface area contributed by atoms with E-state index in [0.29, 0.717) is 22.3 Å². The van der Waals surface area contributed by atoms with Crippen molar-refractivity contribution >= 4 is 0 Å². The molecule has 0 aromatic heterocycles. The van der Waals surface area contributed by atoms with Gasteiger partial charge in [0.25, 0.3) is 0 Å². The summed E-state index contributed by atoms with van der Waals surface area (Å²) in [6.45, 7) is 12.0. The minimum atomic E-state index is -0.592. The molecule has 4 aliphatic rings. The van der Waals surface area contributed by atoms with Gasteiger partial charge in [-0.25, -0.2) is 0 Å². The molecule has 0 saturated heterocycles. The minimum absolute atomic E-state index is 0.301. The van der Waals surface area contributed by atoms with Gasteiger partial charge in [-0.1, -0.05) is 27.7 Å². The number of hydrogen-bond donors (Lipinski definition) is 2. The van der Waals surface area contributed by atoms with Crippen molar-refractivity contribution in [1.82, 2.24) is 5.32 Å². The smallest absolute Gasteiger partial charge is 0.0766 e. The van der Waals surface area contributed by atoms with Crippen LogP contribution in [-0.4, -0.2) is 22.8 Å². The SMILES string of the molecule is CC(C)C(C)(O)CNC12CC3CC(C)(CC(C)(C3)C1)C2. The fourth-order valence-corrected chi connectivity index (χ4v) is 6.22. The van der Waals surface area contributed by atoms with Gasteiger partial charge in [0, 0.05) is 12.1 Å². The monoisotopic (exact) mass is 279 g/mol. The van der Waals surface area contributed by atoms with E-state index in [2.05, 4.69) is 33.0 Å². The Morgan fingerprint density at radius 1 is 1.10 bits per heavy atom. The summed E-state index contributed by atoms with van der Waals surface area (Å²) < 4.78 is 0. The third kappa shape index (κ3) is 2.43. The number of nitrogens with one attached hydrogen (secondary N) is 1. The average Bonchev–Trinajstić information content (AvgIpc) is 2.21. The summed E-state index contributed by atoms with van der Waals surface area (Å²) >= 11 is 0. The van der Waals surface area contributed by atoms with Crippen molar-refractivity contribution in [1.29, 1.82) is 0 Å². The molecule has 116 valence electrons. The zero-order valence-corrected chi connectivity index (χ0v) is 14.1. The van der Waals surface area contributed by atoms with Crippen LogP contribution in [0, 0.1) is 22.7 Å². The lowest BCUT2D eigenvalue weighted by atomic mass is 9.42. The van der Waals surface area contributed by atoms with Gasteiger partial charge >= 0.3 is 0 Å². The minimum Gasteiger partial charge on any atom is -0.389 e. The van der Waals surface area contributed by atoms with E-state index < -0.39 is 5.60 Å². The highest BCUT2D eigenvalue weighted by molar-refractivity contribution is 5.14. The molecule has 0 aromatic rings. The van der Waals surface area contributed by atoms with Crippen LogP contribution in [0.2, 0.25) is 0 Å². The average molecular weight is 279 g/mol. The van der Waals surface area contributed by atoms with Gasteiger partial charge in [0.05, 0.1) is 5.60 Å². The van der Waals surface area contributed by atoms with E-state index >= 15 is 0 Å². The molecule has 2 nitrogen and oxygen atoms in total. The predicted molar refractivity (Wildman–Crippen MR) is 83.6 cm³/mol. The normalized spacial score (nSPS) is 49.6. The summed E-state index contributed by atoms with van der Waals surface area (Å²) in [7, 11) is 0. The van der Waals surface area contributed by atoms with Crippen LogP contribution in [0.4, 0.5) is 0 Å². The molecule has 3 atom stereocenters. The molecule has 20 heavy (non-hydrogen) atoms. The Kier molecular flexibility index (Phi) is 3.14. The molecule has 0 radical (unpaired) electrons. The van der Waals surface area contributed by atoms with Gasteiger partial charge in [0.1, 0.15) is 0 Å². The fourth-order valence-electron chi connectivity index (χ4n) is 6.22. The van der Waals surface area contributed by atoms with Gasteiger partial charge in [0.15, 0.2) is 0 Å². The Bertz CT molecular complexity index is 382. The second-order valence-electron chi connectivity index (χ2n) is 9.78. The standard InChI is InChI=1S/C18H33NO/c1-13(2)17(5,20)12-19-18-8-14-6-15(3,10-18)9-16(4,7-14)11-18/h13-14,19-20H,6-12H2,1-5H3. The Hall–Kier alpha value is -0.0800. The van der Waals surface area contributed by atoms with Gasteiger partial charge in [0.2, 0.25) is 0 Å². The maximum absolute atomic E-state index is 10.6. The van der Waals surface area contributed by atoms with Crippen LogP contribution in [0.5, 0.6) is 0 Å². The van der Waals surface area contributed by atoms with E-state index in [4.69, 9.17) is 0 Å². The van der Waals surface area contributed by atoms with Gasteiger partial charge in [-0.15, -0.1) is 0 Å².